The summed E-state index contributed by atoms with van der Waals surface area (Å²) in [6, 6.07) is 4.16. The van der Waals surface area contributed by atoms with E-state index in [1.54, 1.807) is 0 Å². The van der Waals surface area contributed by atoms with Crippen LogP contribution < -0.4 is 10.5 Å². The van der Waals surface area contributed by atoms with Crippen molar-refractivity contribution in [3.8, 4) is 5.69 Å². The normalized spacial score (nSPS) is 15.6. The van der Waals surface area contributed by atoms with Gasteiger partial charge in [0.25, 0.3) is 5.56 Å². The molecule has 0 bridgehead atoms. The number of rotatable bonds is 2. The Morgan fingerprint density at radius 2 is 1.75 bits per heavy atom. The Bertz CT molecular complexity index is 784. The average molecular weight is 360 g/mol. The van der Waals surface area contributed by atoms with Gasteiger partial charge in [-0.3, -0.25) is 4.79 Å². The van der Waals surface area contributed by atoms with Gasteiger partial charge in [0.2, 0.25) is 0 Å². The summed E-state index contributed by atoms with van der Waals surface area (Å²) >= 11 is 6.15. The summed E-state index contributed by atoms with van der Waals surface area (Å²) in [5.41, 5.74) is -0.674. The molecule has 0 unspecified atom stereocenters. The predicted octanol–water partition coefficient (Wildman–Crippen LogP) is 2.74. The standard InChI is InChI=1S/C15H13ClF3N3O2/c16-13-12(21-5-7-24-8-6-21)9-20-22(14(13)23)11-3-1-10(2-4-11)15(17,18)19/h1-4,9H,5-8H2. The number of morpholine rings is 1. The molecule has 1 saturated heterocycles. The van der Waals surface area contributed by atoms with Crippen molar-refractivity contribution in [2.75, 3.05) is 31.2 Å². The lowest BCUT2D eigenvalue weighted by Gasteiger charge is -2.29. The summed E-state index contributed by atoms with van der Waals surface area (Å²) in [6.45, 7) is 2.23. The molecule has 1 aromatic carbocycles. The SMILES string of the molecule is O=c1c(Cl)c(N2CCOCC2)cnn1-c1ccc(C(F)(F)F)cc1. The minimum atomic E-state index is -4.44. The molecule has 5 nitrogen and oxygen atoms in total. The summed E-state index contributed by atoms with van der Waals surface area (Å²) in [5.74, 6) is 0. The lowest BCUT2D eigenvalue weighted by atomic mass is 10.2. The Balaban J connectivity index is 1.95. The van der Waals surface area contributed by atoms with Crippen LogP contribution >= 0.6 is 11.6 Å². The number of ether oxygens (including phenoxy) is 1. The van der Waals surface area contributed by atoms with E-state index in [2.05, 4.69) is 5.10 Å². The summed E-state index contributed by atoms with van der Waals surface area (Å²) in [5, 5.41) is 4.01. The Morgan fingerprint density at radius 3 is 2.33 bits per heavy atom. The molecule has 1 aliphatic heterocycles. The third kappa shape index (κ3) is 3.25. The Kier molecular flexibility index (Phi) is 4.51. The zero-order chi connectivity index (χ0) is 17.3. The van der Waals surface area contributed by atoms with Gasteiger partial charge >= 0.3 is 6.18 Å². The maximum Gasteiger partial charge on any atom is 0.416 e. The highest BCUT2D eigenvalue weighted by atomic mass is 35.5. The van der Waals surface area contributed by atoms with Gasteiger partial charge in [0.15, 0.2) is 0 Å². The van der Waals surface area contributed by atoms with Gasteiger partial charge < -0.3 is 9.64 Å². The number of anilines is 1. The van der Waals surface area contributed by atoms with Gasteiger partial charge in [-0.1, -0.05) is 11.6 Å². The van der Waals surface area contributed by atoms with E-state index in [4.69, 9.17) is 16.3 Å². The van der Waals surface area contributed by atoms with Crippen LogP contribution in [0.3, 0.4) is 0 Å². The Labute approximate surface area is 140 Å². The van der Waals surface area contributed by atoms with Crippen LogP contribution in [0, 0.1) is 0 Å². The first kappa shape index (κ1) is 16.8. The van der Waals surface area contributed by atoms with Crippen LogP contribution in [-0.2, 0) is 10.9 Å². The van der Waals surface area contributed by atoms with Crippen LogP contribution in [-0.4, -0.2) is 36.1 Å². The Morgan fingerprint density at radius 1 is 1.12 bits per heavy atom. The van der Waals surface area contributed by atoms with Crippen LogP contribution in [0.1, 0.15) is 5.56 Å². The van der Waals surface area contributed by atoms with Crippen molar-refractivity contribution >= 4 is 17.3 Å². The predicted molar refractivity (Wildman–Crippen MR) is 82.9 cm³/mol. The number of alkyl halides is 3. The largest absolute Gasteiger partial charge is 0.416 e. The van der Waals surface area contributed by atoms with E-state index in [1.165, 1.54) is 18.3 Å². The number of nitrogens with zero attached hydrogens (tertiary/aromatic N) is 3. The van der Waals surface area contributed by atoms with Gasteiger partial charge in [-0.2, -0.15) is 23.0 Å². The fourth-order valence-electron chi connectivity index (χ4n) is 2.42. The zero-order valence-corrected chi connectivity index (χ0v) is 13.1. The van der Waals surface area contributed by atoms with Crippen LogP contribution in [0.25, 0.3) is 5.69 Å². The van der Waals surface area contributed by atoms with E-state index in [-0.39, 0.29) is 10.7 Å². The highest BCUT2D eigenvalue weighted by Gasteiger charge is 2.30. The average Bonchev–Trinajstić information content (AvgIpc) is 2.57. The fourth-order valence-corrected chi connectivity index (χ4v) is 2.67. The topological polar surface area (TPSA) is 47.4 Å². The van der Waals surface area contributed by atoms with Crippen molar-refractivity contribution in [3.05, 3.63) is 51.4 Å². The lowest BCUT2D eigenvalue weighted by Crippen LogP contribution is -2.38. The summed E-state index contributed by atoms with van der Waals surface area (Å²) in [7, 11) is 0. The first-order valence-electron chi connectivity index (χ1n) is 7.16. The van der Waals surface area contributed by atoms with Crippen LogP contribution in [0.2, 0.25) is 5.02 Å². The monoisotopic (exact) mass is 359 g/mol. The van der Waals surface area contributed by atoms with E-state index in [1.807, 2.05) is 4.90 Å². The number of aromatic nitrogens is 2. The molecule has 1 aromatic heterocycles. The van der Waals surface area contributed by atoms with Gasteiger partial charge in [0.05, 0.1) is 36.3 Å². The molecule has 0 spiro atoms. The molecule has 0 N–H and O–H groups in total. The first-order valence-corrected chi connectivity index (χ1v) is 7.54. The van der Waals surface area contributed by atoms with E-state index in [9.17, 15) is 18.0 Å². The molecule has 2 aromatic rings. The second-order valence-electron chi connectivity index (χ2n) is 5.20. The summed E-state index contributed by atoms with van der Waals surface area (Å²) in [4.78, 5) is 14.3. The smallest absolute Gasteiger partial charge is 0.378 e. The third-order valence-corrected chi connectivity index (χ3v) is 4.05. The molecule has 0 saturated carbocycles. The highest BCUT2D eigenvalue weighted by molar-refractivity contribution is 6.33. The van der Waals surface area contributed by atoms with Crippen molar-refractivity contribution in [2.45, 2.75) is 6.18 Å². The maximum atomic E-state index is 12.6. The Hall–Kier alpha value is -2.06. The minimum Gasteiger partial charge on any atom is -0.378 e. The van der Waals surface area contributed by atoms with Crippen molar-refractivity contribution < 1.29 is 17.9 Å². The van der Waals surface area contributed by atoms with Gasteiger partial charge in [0, 0.05) is 13.1 Å². The molecule has 0 atom stereocenters. The molecule has 24 heavy (non-hydrogen) atoms. The maximum absolute atomic E-state index is 12.6. The third-order valence-electron chi connectivity index (χ3n) is 3.69. The number of hydrogen-bond donors (Lipinski definition) is 0. The van der Waals surface area contributed by atoms with Crippen LogP contribution in [0.4, 0.5) is 18.9 Å². The van der Waals surface area contributed by atoms with Gasteiger partial charge in [-0.05, 0) is 24.3 Å². The van der Waals surface area contributed by atoms with E-state index in [0.717, 1.165) is 16.8 Å². The minimum absolute atomic E-state index is 0.0215. The molecule has 1 aliphatic rings. The molecular formula is C15H13ClF3N3O2. The summed E-state index contributed by atoms with van der Waals surface area (Å²) < 4.78 is 44.0. The van der Waals surface area contributed by atoms with Crippen LogP contribution in [0.15, 0.2) is 35.3 Å². The molecule has 0 radical (unpaired) electrons. The molecule has 1 fully saturated rings. The highest BCUT2D eigenvalue weighted by Crippen LogP contribution is 2.29. The number of benzene rings is 1. The number of hydrogen-bond acceptors (Lipinski definition) is 4. The molecular weight excluding hydrogens is 347 g/mol. The van der Waals surface area contributed by atoms with Gasteiger partial charge in [0.1, 0.15) is 5.02 Å². The molecule has 128 valence electrons. The fraction of sp³-hybridized carbons (Fsp3) is 0.333. The second kappa shape index (κ2) is 6.45. The second-order valence-corrected chi connectivity index (χ2v) is 5.58. The van der Waals surface area contributed by atoms with E-state index >= 15 is 0 Å². The van der Waals surface area contributed by atoms with Crippen molar-refractivity contribution in [1.29, 1.82) is 0 Å². The molecule has 2 heterocycles. The zero-order valence-electron chi connectivity index (χ0n) is 12.4. The molecule has 0 aliphatic carbocycles. The lowest BCUT2D eigenvalue weighted by molar-refractivity contribution is -0.137. The van der Waals surface area contributed by atoms with Crippen LogP contribution in [0.5, 0.6) is 0 Å². The quantitative estimate of drug-likeness (QED) is 0.827. The van der Waals surface area contributed by atoms with Gasteiger partial charge in [-0.25, -0.2) is 0 Å². The molecule has 3 rings (SSSR count). The number of halogens is 4. The first-order chi connectivity index (χ1) is 11.4. The summed E-state index contributed by atoms with van der Waals surface area (Å²) in [6.07, 6.45) is -3.00. The van der Waals surface area contributed by atoms with Crippen molar-refractivity contribution in [1.82, 2.24) is 9.78 Å². The van der Waals surface area contributed by atoms with E-state index in [0.29, 0.717) is 32.0 Å². The van der Waals surface area contributed by atoms with Crippen molar-refractivity contribution in [2.24, 2.45) is 0 Å². The molecule has 0 amide bonds. The van der Waals surface area contributed by atoms with E-state index < -0.39 is 17.3 Å². The molecule has 9 heteroatoms. The van der Waals surface area contributed by atoms with Gasteiger partial charge in [-0.15, -0.1) is 0 Å². The van der Waals surface area contributed by atoms with Crippen molar-refractivity contribution in [3.63, 3.8) is 0 Å².